The van der Waals surface area contributed by atoms with Crippen LogP contribution in [0.1, 0.15) is 39.2 Å². The zero-order valence-corrected chi connectivity index (χ0v) is 18.0. The Hall–Kier alpha value is -1.25. The van der Waals surface area contributed by atoms with Crippen molar-refractivity contribution in [3.05, 3.63) is 29.8 Å². The lowest BCUT2D eigenvalue weighted by molar-refractivity contribution is 0.376. The molecular formula is C19H30N4O2S2. The second-order valence-corrected chi connectivity index (χ2v) is 11.3. The first-order valence-corrected chi connectivity index (χ1v) is 12.0. The molecule has 1 saturated heterocycles. The molecule has 0 unspecified atom stereocenters. The van der Waals surface area contributed by atoms with Gasteiger partial charge in [0.15, 0.2) is 5.96 Å². The predicted molar refractivity (Wildman–Crippen MR) is 113 cm³/mol. The lowest BCUT2D eigenvalue weighted by Gasteiger charge is -2.39. The van der Waals surface area contributed by atoms with Crippen molar-refractivity contribution in [2.75, 3.05) is 25.4 Å². The highest BCUT2D eigenvalue weighted by molar-refractivity contribution is 8.00. The van der Waals surface area contributed by atoms with Crippen LogP contribution in [0.5, 0.6) is 0 Å². The number of hydrogen-bond acceptors (Lipinski definition) is 4. The molecule has 0 spiro atoms. The molecule has 0 atom stereocenters. The van der Waals surface area contributed by atoms with Gasteiger partial charge in [-0.3, -0.25) is 0 Å². The highest BCUT2D eigenvalue weighted by Gasteiger charge is 2.29. The van der Waals surface area contributed by atoms with E-state index in [0.29, 0.717) is 11.4 Å². The summed E-state index contributed by atoms with van der Waals surface area (Å²) in [6.07, 6.45) is 1.87. The standard InChI is InChI=1S/C19H30N4O2S2/c1-4-20-18(23-11-12-26-19(2,3)14-23)21-13-15-5-9-17(10-6-15)27(24,25)22-16-7-8-16/h5-6,9-10,16,22H,4,7-8,11-14H2,1-3H3,(H,20,21). The number of guanidine groups is 1. The number of nitrogens with zero attached hydrogens (tertiary/aromatic N) is 2. The Labute approximate surface area is 167 Å². The summed E-state index contributed by atoms with van der Waals surface area (Å²) in [5.74, 6) is 2.02. The van der Waals surface area contributed by atoms with Crippen LogP contribution in [-0.4, -0.2) is 55.5 Å². The molecule has 1 aliphatic carbocycles. The van der Waals surface area contributed by atoms with Gasteiger partial charge in [-0.15, -0.1) is 0 Å². The fourth-order valence-electron chi connectivity index (χ4n) is 3.05. The number of thioether (sulfide) groups is 1. The van der Waals surface area contributed by atoms with Gasteiger partial charge in [0.1, 0.15) is 0 Å². The average Bonchev–Trinajstić information content (AvgIpc) is 3.41. The van der Waals surface area contributed by atoms with Crippen molar-refractivity contribution in [3.63, 3.8) is 0 Å². The topological polar surface area (TPSA) is 73.8 Å². The van der Waals surface area contributed by atoms with Crippen LogP contribution in [0.3, 0.4) is 0 Å². The van der Waals surface area contributed by atoms with E-state index < -0.39 is 10.0 Å². The van der Waals surface area contributed by atoms with Crippen molar-refractivity contribution < 1.29 is 8.42 Å². The molecule has 0 amide bonds. The van der Waals surface area contributed by atoms with Crippen LogP contribution in [0.25, 0.3) is 0 Å². The summed E-state index contributed by atoms with van der Waals surface area (Å²) in [7, 11) is -3.39. The van der Waals surface area contributed by atoms with Gasteiger partial charge in [0.25, 0.3) is 0 Å². The molecule has 6 nitrogen and oxygen atoms in total. The Balaban J connectivity index is 1.67. The monoisotopic (exact) mass is 410 g/mol. The zero-order chi connectivity index (χ0) is 19.5. The molecule has 1 saturated carbocycles. The molecule has 1 aromatic carbocycles. The van der Waals surface area contributed by atoms with E-state index in [-0.39, 0.29) is 10.8 Å². The quantitative estimate of drug-likeness (QED) is 0.557. The minimum Gasteiger partial charge on any atom is -0.357 e. The largest absolute Gasteiger partial charge is 0.357 e. The lowest BCUT2D eigenvalue weighted by Crippen LogP contribution is -2.50. The van der Waals surface area contributed by atoms with E-state index in [2.05, 4.69) is 35.7 Å². The first kappa shape index (κ1) is 20.5. The third kappa shape index (κ3) is 5.86. The van der Waals surface area contributed by atoms with Gasteiger partial charge >= 0.3 is 0 Å². The molecule has 2 fully saturated rings. The fourth-order valence-corrected chi connectivity index (χ4v) is 5.47. The van der Waals surface area contributed by atoms with Crippen LogP contribution in [0.15, 0.2) is 34.2 Å². The fraction of sp³-hybridized carbons (Fsp3) is 0.632. The highest BCUT2D eigenvalue weighted by Crippen LogP contribution is 2.29. The van der Waals surface area contributed by atoms with Crippen molar-refractivity contribution in [1.82, 2.24) is 14.9 Å². The molecule has 1 heterocycles. The summed E-state index contributed by atoms with van der Waals surface area (Å²) >= 11 is 2.00. The van der Waals surface area contributed by atoms with Crippen LogP contribution in [0.2, 0.25) is 0 Å². The number of hydrogen-bond donors (Lipinski definition) is 2. The van der Waals surface area contributed by atoms with Crippen LogP contribution in [-0.2, 0) is 16.6 Å². The van der Waals surface area contributed by atoms with Crippen molar-refractivity contribution in [3.8, 4) is 0 Å². The minimum absolute atomic E-state index is 0.119. The molecule has 3 rings (SSSR count). The van der Waals surface area contributed by atoms with Crippen molar-refractivity contribution in [1.29, 1.82) is 0 Å². The van der Waals surface area contributed by atoms with E-state index in [1.165, 1.54) is 0 Å². The summed E-state index contributed by atoms with van der Waals surface area (Å²) in [4.78, 5) is 7.42. The van der Waals surface area contributed by atoms with E-state index in [4.69, 9.17) is 4.99 Å². The van der Waals surface area contributed by atoms with Gasteiger partial charge in [-0.05, 0) is 51.3 Å². The van der Waals surface area contributed by atoms with Crippen molar-refractivity contribution in [2.24, 2.45) is 4.99 Å². The van der Waals surface area contributed by atoms with Gasteiger partial charge in [-0.2, -0.15) is 11.8 Å². The maximum Gasteiger partial charge on any atom is 0.240 e. The molecule has 1 aromatic rings. The first-order valence-electron chi connectivity index (χ1n) is 9.57. The molecule has 8 heteroatoms. The Kier molecular flexibility index (Phi) is 6.38. The number of benzene rings is 1. The summed E-state index contributed by atoms with van der Waals surface area (Å²) in [5, 5.41) is 3.39. The molecule has 0 radical (unpaired) electrons. The third-order valence-electron chi connectivity index (χ3n) is 4.60. The van der Waals surface area contributed by atoms with E-state index in [1.54, 1.807) is 12.1 Å². The number of aliphatic imine (C=N–C) groups is 1. The molecule has 2 aliphatic rings. The maximum atomic E-state index is 12.3. The molecule has 27 heavy (non-hydrogen) atoms. The summed E-state index contributed by atoms with van der Waals surface area (Å²) < 4.78 is 27.4. The predicted octanol–water partition coefficient (Wildman–Crippen LogP) is 2.42. The van der Waals surface area contributed by atoms with Gasteiger partial charge in [0.05, 0.1) is 11.4 Å². The first-order chi connectivity index (χ1) is 12.8. The molecular weight excluding hydrogens is 380 g/mol. The third-order valence-corrected chi connectivity index (χ3v) is 7.44. The second kappa shape index (κ2) is 8.41. The molecule has 2 N–H and O–H groups in total. The van der Waals surface area contributed by atoms with Crippen molar-refractivity contribution >= 4 is 27.7 Å². The number of rotatable bonds is 6. The summed E-state index contributed by atoms with van der Waals surface area (Å²) in [6.45, 7) is 9.92. The molecule has 150 valence electrons. The Morgan fingerprint density at radius 2 is 2.00 bits per heavy atom. The maximum absolute atomic E-state index is 12.3. The van der Waals surface area contributed by atoms with Crippen LogP contribution >= 0.6 is 11.8 Å². The SMILES string of the molecule is CCNC(=NCc1ccc(S(=O)(=O)NC2CC2)cc1)N1CCSC(C)(C)C1. The average molecular weight is 411 g/mol. The van der Waals surface area contributed by atoms with E-state index in [0.717, 1.165) is 49.8 Å². The Morgan fingerprint density at radius 3 is 2.59 bits per heavy atom. The second-order valence-electron chi connectivity index (χ2n) is 7.74. The Morgan fingerprint density at radius 1 is 1.30 bits per heavy atom. The zero-order valence-electron chi connectivity index (χ0n) is 16.4. The van der Waals surface area contributed by atoms with Crippen LogP contribution in [0, 0.1) is 0 Å². The highest BCUT2D eigenvalue weighted by atomic mass is 32.2. The van der Waals surface area contributed by atoms with Gasteiger partial charge in [0.2, 0.25) is 10.0 Å². The van der Waals surface area contributed by atoms with Gasteiger partial charge in [0, 0.05) is 36.2 Å². The number of nitrogens with one attached hydrogen (secondary N) is 2. The minimum atomic E-state index is -3.39. The Bertz CT molecular complexity index is 771. The molecule has 0 bridgehead atoms. The normalized spacial score (nSPS) is 20.6. The van der Waals surface area contributed by atoms with Crippen LogP contribution in [0.4, 0.5) is 0 Å². The van der Waals surface area contributed by atoms with E-state index in [9.17, 15) is 8.42 Å². The summed E-state index contributed by atoms with van der Waals surface area (Å²) in [6, 6.07) is 7.16. The van der Waals surface area contributed by atoms with E-state index in [1.807, 2.05) is 23.9 Å². The molecule has 0 aromatic heterocycles. The van der Waals surface area contributed by atoms with Gasteiger partial charge in [-0.1, -0.05) is 12.1 Å². The van der Waals surface area contributed by atoms with Crippen molar-refractivity contribution in [2.45, 2.75) is 55.8 Å². The van der Waals surface area contributed by atoms with Crippen LogP contribution < -0.4 is 10.0 Å². The molecule has 1 aliphatic heterocycles. The summed E-state index contributed by atoms with van der Waals surface area (Å²) in [5.41, 5.74) is 1.00. The van der Waals surface area contributed by atoms with Gasteiger partial charge < -0.3 is 10.2 Å². The lowest BCUT2D eigenvalue weighted by atomic mass is 10.2. The van der Waals surface area contributed by atoms with E-state index >= 15 is 0 Å². The van der Waals surface area contributed by atoms with Gasteiger partial charge in [-0.25, -0.2) is 18.1 Å². The smallest absolute Gasteiger partial charge is 0.240 e. The number of sulfonamides is 1.